The highest BCUT2D eigenvalue weighted by Crippen LogP contribution is 2.25. The highest BCUT2D eigenvalue weighted by Gasteiger charge is 2.31. The van der Waals surface area contributed by atoms with E-state index in [1.54, 1.807) is 31.4 Å². The van der Waals surface area contributed by atoms with E-state index in [1.165, 1.54) is 22.8 Å². The molecule has 0 unspecified atom stereocenters. The summed E-state index contributed by atoms with van der Waals surface area (Å²) in [5, 5.41) is 1.03. The Labute approximate surface area is 227 Å². The number of carbonyl (C=O) groups is 1. The van der Waals surface area contributed by atoms with Crippen molar-refractivity contribution >= 4 is 23.6 Å². The molecule has 0 aliphatic heterocycles. The number of hydrazine groups is 1. The summed E-state index contributed by atoms with van der Waals surface area (Å²) in [4.78, 5) is 29.3. The zero-order chi connectivity index (χ0) is 28.7. The van der Waals surface area contributed by atoms with Gasteiger partial charge < -0.3 is 14.0 Å². The number of aryl methyl sites for hydroxylation is 2. The van der Waals surface area contributed by atoms with Gasteiger partial charge in [0, 0.05) is 18.8 Å². The van der Waals surface area contributed by atoms with Gasteiger partial charge in [0.25, 0.3) is 5.56 Å². The van der Waals surface area contributed by atoms with Crippen molar-refractivity contribution in [3.63, 3.8) is 0 Å². The van der Waals surface area contributed by atoms with Gasteiger partial charge in [-0.3, -0.25) is 15.0 Å². The van der Waals surface area contributed by atoms with Crippen LogP contribution in [0.5, 0.6) is 11.5 Å². The van der Waals surface area contributed by atoms with Crippen LogP contribution in [0.15, 0.2) is 101 Å². The van der Waals surface area contributed by atoms with Gasteiger partial charge in [-0.2, -0.15) is 0 Å². The quantitative estimate of drug-likeness (QED) is 0.130. The van der Waals surface area contributed by atoms with Crippen LogP contribution < -0.4 is 25.5 Å². The van der Waals surface area contributed by atoms with E-state index in [0.717, 1.165) is 28.3 Å². The van der Waals surface area contributed by atoms with E-state index in [2.05, 4.69) is 15.2 Å². The number of rotatable bonds is 9. The Morgan fingerprint density at radius 2 is 1.70 bits per heavy atom. The second kappa shape index (κ2) is 12.2. The molecule has 1 N–H and O–H groups in total. The molecular formula is C29H25F3N4O4. The lowest BCUT2D eigenvalue weighted by Gasteiger charge is -2.22. The number of halogens is 3. The Hall–Kier alpha value is -5.06. The molecule has 0 bridgehead atoms. The number of nitrogens with one attached hydrogen (secondary N) is 1. The predicted molar refractivity (Wildman–Crippen MR) is 145 cm³/mol. The molecule has 0 aliphatic rings. The van der Waals surface area contributed by atoms with Crippen molar-refractivity contribution in [2.24, 2.45) is 12.0 Å². The summed E-state index contributed by atoms with van der Waals surface area (Å²) < 4.78 is 48.9. The van der Waals surface area contributed by atoms with Gasteiger partial charge in [-0.1, -0.05) is 36.4 Å². The van der Waals surface area contributed by atoms with Crippen LogP contribution in [0.4, 0.5) is 24.5 Å². The van der Waals surface area contributed by atoms with Crippen molar-refractivity contribution in [3.8, 4) is 11.5 Å². The molecule has 4 rings (SSSR count). The zero-order valence-electron chi connectivity index (χ0n) is 21.6. The average Bonchev–Trinajstić information content (AvgIpc) is 2.93. The number of benzene rings is 3. The minimum atomic E-state index is -4.85. The summed E-state index contributed by atoms with van der Waals surface area (Å²) in [6.07, 6.45) is -2.83. The average molecular weight is 551 g/mol. The number of carbonyl (C=O) groups excluding carboxylic acids is 1. The van der Waals surface area contributed by atoms with Gasteiger partial charge in [0.15, 0.2) is 5.84 Å². The maximum Gasteiger partial charge on any atom is 0.573 e. The first-order valence-corrected chi connectivity index (χ1v) is 12.0. The van der Waals surface area contributed by atoms with Crippen molar-refractivity contribution in [1.29, 1.82) is 0 Å². The molecule has 3 aromatic carbocycles. The van der Waals surface area contributed by atoms with Crippen molar-refractivity contribution in [2.45, 2.75) is 19.9 Å². The summed E-state index contributed by atoms with van der Waals surface area (Å²) in [7, 11) is 1.58. The molecule has 1 heterocycles. The lowest BCUT2D eigenvalue weighted by molar-refractivity contribution is -0.274. The van der Waals surface area contributed by atoms with E-state index in [1.807, 2.05) is 43.3 Å². The minimum Gasteiger partial charge on any atom is -0.489 e. The molecule has 0 fully saturated rings. The molecule has 0 spiro atoms. The maximum absolute atomic E-state index is 12.7. The number of pyridine rings is 1. The topological polar surface area (TPSA) is 85.2 Å². The number of anilines is 1. The smallest absolute Gasteiger partial charge is 0.489 e. The number of amides is 1. The third-order valence-electron chi connectivity index (χ3n) is 5.73. The standard InChI is InChI=1S/C29H25F3N4O4/c1-20-10-13-24(39-18-21-7-4-3-5-8-21)17-25(20)27(33-26-9-6-16-35(2)28(26)38)34-36(19-37)22-11-14-23(15-12-22)40-29(30,31)32/h3-17,19H,18H2,1-2H3,(H,33,34). The molecule has 206 valence electrons. The third-order valence-corrected chi connectivity index (χ3v) is 5.73. The van der Waals surface area contributed by atoms with Crippen molar-refractivity contribution in [1.82, 2.24) is 9.99 Å². The number of hydrogen-bond donors (Lipinski definition) is 1. The van der Waals surface area contributed by atoms with Crippen molar-refractivity contribution < 1.29 is 27.4 Å². The van der Waals surface area contributed by atoms with Crippen LogP contribution in [0, 0.1) is 6.92 Å². The van der Waals surface area contributed by atoms with E-state index in [9.17, 15) is 22.8 Å². The number of ether oxygens (including phenoxy) is 2. The number of nitrogens with zero attached hydrogens (tertiary/aromatic N) is 3. The van der Waals surface area contributed by atoms with E-state index < -0.39 is 12.1 Å². The van der Waals surface area contributed by atoms with Crippen LogP contribution in [0.3, 0.4) is 0 Å². The van der Waals surface area contributed by atoms with Crippen molar-refractivity contribution in [3.05, 3.63) is 118 Å². The zero-order valence-corrected chi connectivity index (χ0v) is 21.6. The van der Waals surface area contributed by atoms with Crippen molar-refractivity contribution in [2.75, 3.05) is 5.01 Å². The molecule has 0 saturated heterocycles. The fourth-order valence-electron chi connectivity index (χ4n) is 3.70. The second-order valence-electron chi connectivity index (χ2n) is 8.65. The molecule has 0 atom stereocenters. The fraction of sp³-hybridized carbons (Fsp3) is 0.138. The van der Waals surface area contributed by atoms with E-state index in [0.29, 0.717) is 24.3 Å². The SMILES string of the molecule is Cc1ccc(OCc2ccccc2)cc1C(=Nc1cccn(C)c1=O)NN(C=O)c1ccc(OC(F)(F)F)cc1. The Morgan fingerprint density at radius 3 is 2.38 bits per heavy atom. The number of alkyl halides is 3. The fourth-order valence-corrected chi connectivity index (χ4v) is 3.70. The van der Waals surface area contributed by atoms with E-state index >= 15 is 0 Å². The van der Waals surface area contributed by atoms with Gasteiger partial charge >= 0.3 is 6.36 Å². The first kappa shape index (κ1) is 28.0. The largest absolute Gasteiger partial charge is 0.573 e. The Morgan fingerprint density at radius 1 is 1.00 bits per heavy atom. The highest BCUT2D eigenvalue weighted by atomic mass is 19.4. The number of hydrogen-bond acceptors (Lipinski definition) is 5. The Kier molecular flexibility index (Phi) is 8.53. The molecule has 0 radical (unpaired) electrons. The summed E-state index contributed by atoms with van der Waals surface area (Å²) >= 11 is 0. The second-order valence-corrected chi connectivity index (χ2v) is 8.65. The monoisotopic (exact) mass is 550 g/mol. The van der Waals surface area contributed by atoms with Gasteiger partial charge in [0.1, 0.15) is 23.8 Å². The van der Waals surface area contributed by atoms with Gasteiger partial charge in [-0.25, -0.2) is 10.0 Å². The first-order valence-electron chi connectivity index (χ1n) is 12.0. The lowest BCUT2D eigenvalue weighted by atomic mass is 10.1. The van der Waals surface area contributed by atoms with Gasteiger partial charge in [-0.15, -0.1) is 13.2 Å². The summed E-state index contributed by atoms with van der Waals surface area (Å²) in [6, 6.07) is 22.8. The normalized spacial score (nSPS) is 11.6. The Balaban J connectivity index is 1.70. The van der Waals surface area contributed by atoms with Crippen LogP contribution in [0.1, 0.15) is 16.7 Å². The summed E-state index contributed by atoms with van der Waals surface area (Å²) in [6.45, 7) is 2.14. The minimum absolute atomic E-state index is 0.0993. The lowest BCUT2D eigenvalue weighted by Crippen LogP contribution is -2.42. The molecule has 0 saturated carbocycles. The molecular weight excluding hydrogens is 525 g/mol. The molecule has 8 nitrogen and oxygen atoms in total. The molecule has 4 aromatic rings. The van der Waals surface area contributed by atoms with Gasteiger partial charge in [0.2, 0.25) is 6.41 Å². The Bertz CT molecular complexity index is 1550. The molecule has 1 aromatic heterocycles. The number of aliphatic imine (C=N–C) groups is 1. The van der Waals surface area contributed by atoms with Gasteiger partial charge in [-0.05, 0) is 66.6 Å². The summed E-state index contributed by atoms with van der Waals surface area (Å²) in [5.41, 5.74) is 5.07. The van der Waals surface area contributed by atoms with Crippen LogP contribution in [-0.2, 0) is 18.4 Å². The van der Waals surface area contributed by atoms with Crippen LogP contribution in [0.2, 0.25) is 0 Å². The van der Waals surface area contributed by atoms with E-state index in [4.69, 9.17) is 4.74 Å². The molecule has 11 heteroatoms. The predicted octanol–water partition coefficient (Wildman–Crippen LogP) is 5.42. The molecule has 40 heavy (non-hydrogen) atoms. The third kappa shape index (κ3) is 7.28. The molecule has 0 aliphatic carbocycles. The molecule has 1 amide bonds. The maximum atomic E-state index is 12.7. The van der Waals surface area contributed by atoms with Crippen LogP contribution >= 0.6 is 0 Å². The van der Waals surface area contributed by atoms with Crippen LogP contribution in [0.25, 0.3) is 0 Å². The van der Waals surface area contributed by atoms with Gasteiger partial charge in [0.05, 0.1) is 5.69 Å². The first-order chi connectivity index (χ1) is 19.1. The number of amidine groups is 1. The summed E-state index contributed by atoms with van der Waals surface area (Å²) in [5.74, 6) is 0.211. The number of aromatic nitrogens is 1. The van der Waals surface area contributed by atoms with E-state index in [-0.39, 0.29) is 22.8 Å². The van der Waals surface area contributed by atoms with Crippen LogP contribution in [-0.4, -0.2) is 23.2 Å². The highest BCUT2D eigenvalue weighted by molar-refractivity contribution is 6.04.